The van der Waals surface area contributed by atoms with Gasteiger partial charge in [-0.1, -0.05) is 60.7 Å². The molecule has 1 aliphatic carbocycles. The van der Waals surface area contributed by atoms with E-state index in [9.17, 15) is 5.26 Å². The Morgan fingerprint density at radius 3 is 2.47 bits per heavy atom. The van der Waals surface area contributed by atoms with Crippen molar-refractivity contribution in [1.82, 2.24) is 0 Å². The lowest BCUT2D eigenvalue weighted by Gasteiger charge is -2.10. The topological polar surface area (TPSA) is 23.8 Å². The van der Waals surface area contributed by atoms with Crippen molar-refractivity contribution in [2.75, 3.05) is 0 Å². The molecule has 1 heteroatoms. The highest BCUT2D eigenvalue weighted by Gasteiger charge is 2.17. The molecule has 0 bridgehead atoms. The minimum atomic E-state index is 0.00241. The zero-order valence-electron chi connectivity index (χ0n) is 10.7. The Labute approximate surface area is 113 Å². The highest BCUT2D eigenvalue weighted by molar-refractivity contribution is 5.82. The van der Waals surface area contributed by atoms with Crippen molar-refractivity contribution < 1.29 is 0 Å². The van der Waals surface area contributed by atoms with E-state index in [4.69, 9.17) is 0 Å². The first-order chi connectivity index (χ1) is 9.38. The minimum Gasteiger partial charge on any atom is -0.198 e. The molecule has 92 valence electrons. The van der Waals surface area contributed by atoms with Crippen molar-refractivity contribution in [1.29, 1.82) is 5.26 Å². The number of fused-ring (bicyclic) bond motifs is 1. The first kappa shape index (κ1) is 11.7. The molecule has 0 amide bonds. The smallest absolute Gasteiger partial charge is 0.0697 e. The summed E-state index contributed by atoms with van der Waals surface area (Å²) in [7, 11) is 0. The Morgan fingerprint density at radius 2 is 1.68 bits per heavy atom. The Hall–Kier alpha value is -2.33. The number of rotatable bonds is 1. The lowest BCUT2D eigenvalue weighted by molar-refractivity contribution is 0.727. The van der Waals surface area contributed by atoms with E-state index in [1.807, 2.05) is 18.2 Å². The van der Waals surface area contributed by atoms with Crippen LogP contribution in [0.15, 0.2) is 60.7 Å². The third-order valence-corrected chi connectivity index (χ3v) is 3.65. The Balaban J connectivity index is 2.18. The lowest BCUT2D eigenvalue weighted by atomic mass is 9.94. The van der Waals surface area contributed by atoms with Crippen molar-refractivity contribution in [3.63, 3.8) is 0 Å². The molecule has 1 nitrogen and oxygen atoms in total. The lowest BCUT2D eigenvalue weighted by Crippen LogP contribution is -1.93. The van der Waals surface area contributed by atoms with E-state index in [-0.39, 0.29) is 5.92 Å². The van der Waals surface area contributed by atoms with Gasteiger partial charge in [-0.2, -0.15) is 5.26 Å². The number of nitriles is 1. The largest absolute Gasteiger partial charge is 0.198 e. The fourth-order valence-electron chi connectivity index (χ4n) is 2.66. The number of aryl methyl sites for hydroxylation is 1. The summed E-state index contributed by atoms with van der Waals surface area (Å²) in [6.45, 7) is 0. The molecule has 0 saturated carbocycles. The van der Waals surface area contributed by atoms with Gasteiger partial charge in [-0.15, -0.1) is 0 Å². The summed E-state index contributed by atoms with van der Waals surface area (Å²) in [6.07, 6.45) is 4.01. The molecule has 0 N–H and O–H groups in total. The molecular weight excluding hydrogens is 230 g/mol. The molecule has 2 aromatic carbocycles. The standard InChI is InChI=1S/C18H15N/c19-13-14-10-11-16-8-4-5-9-17(16)18(12-14)15-6-2-1-3-7-15/h1-9,12,14H,10-11H2. The average molecular weight is 245 g/mol. The molecule has 0 heterocycles. The van der Waals surface area contributed by atoms with Crippen molar-refractivity contribution in [2.45, 2.75) is 12.8 Å². The normalized spacial score (nSPS) is 17.8. The van der Waals surface area contributed by atoms with Gasteiger partial charge in [0.25, 0.3) is 0 Å². The average Bonchev–Trinajstić information content (AvgIpc) is 2.68. The third kappa shape index (κ3) is 2.30. The Kier molecular flexibility index (Phi) is 3.16. The van der Waals surface area contributed by atoms with Gasteiger partial charge in [0.15, 0.2) is 0 Å². The van der Waals surface area contributed by atoms with Crippen molar-refractivity contribution in [3.05, 3.63) is 77.4 Å². The second-order valence-electron chi connectivity index (χ2n) is 4.88. The molecule has 0 aliphatic heterocycles. The number of allylic oxidation sites excluding steroid dienone is 1. The summed E-state index contributed by atoms with van der Waals surface area (Å²) in [5.74, 6) is 0.00241. The maximum atomic E-state index is 9.27. The monoisotopic (exact) mass is 245 g/mol. The van der Waals surface area contributed by atoms with E-state index in [0.29, 0.717) is 0 Å². The molecule has 1 atom stereocenters. The second kappa shape index (κ2) is 5.12. The summed E-state index contributed by atoms with van der Waals surface area (Å²) in [5, 5.41) is 9.27. The van der Waals surface area contributed by atoms with Gasteiger partial charge in [0, 0.05) is 0 Å². The van der Waals surface area contributed by atoms with Crippen LogP contribution in [0.3, 0.4) is 0 Å². The van der Waals surface area contributed by atoms with Crippen LogP contribution in [0.4, 0.5) is 0 Å². The van der Waals surface area contributed by atoms with E-state index in [0.717, 1.165) is 12.8 Å². The van der Waals surface area contributed by atoms with Gasteiger partial charge < -0.3 is 0 Å². The van der Waals surface area contributed by atoms with Crippen LogP contribution in [0.1, 0.15) is 23.1 Å². The number of benzene rings is 2. The van der Waals surface area contributed by atoms with Gasteiger partial charge >= 0.3 is 0 Å². The van der Waals surface area contributed by atoms with Crippen molar-refractivity contribution in [2.24, 2.45) is 5.92 Å². The highest BCUT2D eigenvalue weighted by atomic mass is 14.3. The molecule has 0 radical (unpaired) electrons. The van der Waals surface area contributed by atoms with Gasteiger partial charge in [-0.05, 0) is 35.1 Å². The number of hydrogen-bond donors (Lipinski definition) is 0. The van der Waals surface area contributed by atoms with Crippen molar-refractivity contribution in [3.8, 4) is 6.07 Å². The van der Waals surface area contributed by atoms with Crippen LogP contribution in [0, 0.1) is 17.2 Å². The summed E-state index contributed by atoms with van der Waals surface area (Å²) < 4.78 is 0. The summed E-state index contributed by atoms with van der Waals surface area (Å²) >= 11 is 0. The summed E-state index contributed by atoms with van der Waals surface area (Å²) in [6, 6.07) is 21.2. The van der Waals surface area contributed by atoms with E-state index < -0.39 is 0 Å². The molecule has 1 unspecified atom stereocenters. The zero-order chi connectivity index (χ0) is 13.1. The molecule has 2 aromatic rings. The summed E-state index contributed by atoms with van der Waals surface area (Å²) in [4.78, 5) is 0. The minimum absolute atomic E-state index is 0.00241. The SMILES string of the molecule is N#CC1C=C(c2ccccc2)c2ccccc2CC1. The van der Waals surface area contributed by atoms with Gasteiger partial charge in [-0.3, -0.25) is 0 Å². The van der Waals surface area contributed by atoms with Crippen LogP contribution >= 0.6 is 0 Å². The van der Waals surface area contributed by atoms with Crippen LogP contribution in [0.25, 0.3) is 5.57 Å². The second-order valence-corrected chi connectivity index (χ2v) is 4.88. The van der Waals surface area contributed by atoms with E-state index in [1.165, 1.54) is 22.3 Å². The van der Waals surface area contributed by atoms with E-state index >= 15 is 0 Å². The molecule has 0 fully saturated rings. The van der Waals surface area contributed by atoms with Gasteiger partial charge in [0.05, 0.1) is 12.0 Å². The van der Waals surface area contributed by atoms with Crippen LogP contribution < -0.4 is 0 Å². The third-order valence-electron chi connectivity index (χ3n) is 3.65. The van der Waals surface area contributed by atoms with Crippen LogP contribution in [0.2, 0.25) is 0 Å². The maximum Gasteiger partial charge on any atom is 0.0697 e. The fraction of sp³-hybridized carbons (Fsp3) is 0.167. The number of nitrogens with zero attached hydrogens (tertiary/aromatic N) is 1. The van der Waals surface area contributed by atoms with Crippen molar-refractivity contribution >= 4 is 5.57 Å². The van der Waals surface area contributed by atoms with E-state index in [2.05, 4.69) is 48.5 Å². The molecule has 1 aliphatic rings. The molecule has 0 spiro atoms. The first-order valence-electron chi connectivity index (χ1n) is 6.63. The highest BCUT2D eigenvalue weighted by Crippen LogP contribution is 2.32. The number of hydrogen-bond acceptors (Lipinski definition) is 1. The van der Waals surface area contributed by atoms with E-state index in [1.54, 1.807) is 0 Å². The molecule has 0 saturated heterocycles. The molecule has 3 rings (SSSR count). The van der Waals surface area contributed by atoms with Gasteiger partial charge in [0.1, 0.15) is 0 Å². The molecular formula is C18H15N. The van der Waals surface area contributed by atoms with Gasteiger partial charge in [-0.25, -0.2) is 0 Å². The predicted octanol–water partition coefficient (Wildman–Crippen LogP) is 4.20. The predicted molar refractivity (Wildman–Crippen MR) is 77.4 cm³/mol. The van der Waals surface area contributed by atoms with Crippen LogP contribution in [-0.4, -0.2) is 0 Å². The first-order valence-corrected chi connectivity index (χ1v) is 6.63. The van der Waals surface area contributed by atoms with Crippen LogP contribution in [-0.2, 0) is 6.42 Å². The Morgan fingerprint density at radius 1 is 0.947 bits per heavy atom. The zero-order valence-corrected chi connectivity index (χ0v) is 10.7. The molecule has 19 heavy (non-hydrogen) atoms. The van der Waals surface area contributed by atoms with Gasteiger partial charge in [0.2, 0.25) is 0 Å². The quantitative estimate of drug-likeness (QED) is 0.738. The fourth-order valence-corrected chi connectivity index (χ4v) is 2.66. The molecule has 0 aromatic heterocycles. The summed E-state index contributed by atoms with van der Waals surface area (Å²) in [5.41, 5.74) is 5.00. The Bertz CT molecular complexity index is 647. The van der Waals surface area contributed by atoms with Crippen LogP contribution in [0.5, 0.6) is 0 Å². The maximum absolute atomic E-state index is 9.27.